The van der Waals surface area contributed by atoms with E-state index in [1.165, 1.54) is 18.2 Å². The number of rotatable bonds is 4. The summed E-state index contributed by atoms with van der Waals surface area (Å²) < 4.78 is 23.7. The molecule has 0 atom stereocenters. The molecule has 0 spiro atoms. The van der Waals surface area contributed by atoms with Crippen LogP contribution in [-0.4, -0.2) is 32.3 Å². The summed E-state index contributed by atoms with van der Waals surface area (Å²) in [6.45, 7) is -0.709. The summed E-state index contributed by atoms with van der Waals surface area (Å²) in [5.41, 5.74) is 0.0454. The molecule has 94 valence electrons. The number of carboxylic acids is 1. The zero-order valence-corrected chi connectivity index (χ0v) is 11.1. The van der Waals surface area contributed by atoms with Gasteiger partial charge in [-0.1, -0.05) is 23.2 Å². The Balaban J connectivity index is 3.31. The summed E-state index contributed by atoms with van der Waals surface area (Å²) in [5.74, 6) is -1.29. The second-order valence-corrected chi connectivity index (χ2v) is 6.01. The number of carboxylic acid groups (broad SMARTS) is 1. The Morgan fingerprint density at radius 1 is 1.41 bits per heavy atom. The minimum atomic E-state index is -3.74. The van der Waals surface area contributed by atoms with Gasteiger partial charge in [0.25, 0.3) is 0 Å². The monoisotopic (exact) mass is 297 g/mol. The van der Waals surface area contributed by atoms with Crippen molar-refractivity contribution in [2.24, 2.45) is 0 Å². The molecule has 0 saturated heterocycles. The first-order chi connectivity index (χ1) is 7.71. The average Bonchev–Trinajstić information content (AvgIpc) is 2.16. The van der Waals surface area contributed by atoms with Crippen LogP contribution in [0.15, 0.2) is 18.2 Å². The molecule has 0 fully saturated rings. The van der Waals surface area contributed by atoms with Gasteiger partial charge in [-0.2, -0.15) is 0 Å². The molecule has 0 aliphatic rings. The first-order valence-corrected chi connectivity index (χ1v) is 6.97. The molecular formula is C9H9Cl2NO4S. The van der Waals surface area contributed by atoms with E-state index in [0.29, 0.717) is 4.31 Å². The molecule has 0 radical (unpaired) electrons. The van der Waals surface area contributed by atoms with Crippen molar-refractivity contribution in [3.63, 3.8) is 0 Å². The molecule has 1 rings (SSSR count). The number of nitrogens with zero attached hydrogens (tertiary/aromatic N) is 1. The fourth-order valence-electron chi connectivity index (χ4n) is 1.18. The molecule has 17 heavy (non-hydrogen) atoms. The summed E-state index contributed by atoms with van der Waals surface area (Å²) in [6, 6.07) is 4.18. The van der Waals surface area contributed by atoms with Crippen LogP contribution in [0.1, 0.15) is 0 Å². The number of carbonyl (C=O) groups is 1. The zero-order chi connectivity index (χ0) is 13.2. The summed E-state index contributed by atoms with van der Waals surface area (Å²) in [4.78, 5) is 10.6. The maximum Gasteiger partial charge on any atom is 0.324 e. The van der Waals surface area contributed by atoms with Crippen LogP contribution >= 0.6 is 23.2 Å². The highest BCUT2D eigenvalue weighted by molar-refractivity contribution is 7.92. The molecule has 1 aromatic carbocycles. The quantitative estimate of drug-likeness (QED) is 0.920. The Morgan fingerprint density at radius 2 is 2.00 bits per heavy atom. The fourth-order valence-corrected chi connectivity index (χ4v) is 2.47. The molecule has 0 amide bonds. The number of sulfonamides is 1. The minimum absolute atomic E-state index is 0.0454. The van der Waals surface area contributed by atoms with Gasteiger partial charge in [0.05, 0.1) is 17.0 Å². The van der Waals surface area contributed by atoms with Crippen LogP contribution in [0.5, 0.6) is 0 Å². The van der Waals surface area contributed by atoms with Crippen molar-refractivity contribution >= 4 is 44.9 Å². The maximum atomic E-state index is 11.5. The Hall–Kier alpha value is -0.980. The third-order valence-electron chi connectivity index (χ3n) is 1.86. The van der Waals surface area contributed by atoms with Crippen LogP contribution in [0.4, 0.5) is 5.69 Å². The van der Waals surface area contributed by atoms with Gasteiger partial charge in [-0.15, -0.1) is 0 Å². The normalized spacial score (nSPS) is 11.2. The topological polar surface area (TPSA) is 74.7 Å². The standard InChI is InChI=1S/C9H9Cl2NO4S/c1-17(15,16)12(5-9(13)14)8-4-6(10)2-3-7(8)11/h2-4H,5H2,1H3,(H,13,14). The van der Waals surface area contributed by atoms with Crippen molar-refractivity contribution in [1.82, 2.24) is 0 Å². The highest BCUT2D eigenvalue weighted by Crippen LogP contribution is 2.30. The molecule has 0 saturated carbocycles. The van der Waals surface area contributed by atoms with E-state index in [9.17, 15) is 13.2 Å². The van der Waals surface area contributed by atoms with Crippen molar-refractivity contribution in [2.45, 2.75) is 0 Å². The molecule has 1 N–H and O–H groups in total. The van der Waals surface area contributed by atoms with Crippen LogP contribution < -0.4 is 4.31 Å². The number of aliphatic carboxylic acids is 1. The van der Waals surface area contributed by atoms with Gasteiger partial charge in [0.15, 0.2) is 0 Å². The lowest BCUT2D eigenvalue weighted by atomic mass is 10.3. The van der Waals surface area contributed by atoms with E-state index in [1.54, 1.807) is 0 Å². The number of anilines is 1. The molecule has 0 aliphatic heterocycles. The summed E-state index contributed by atoms with van der Waals surface area (Å²) in [6.07, 6.45) is 0.896. The van der Waals surface area contributed by atoms with E-state index in [4.69, 9.17) is 28.3 Å². The van der Waals surface area contributed by atoms with Gasteiger partial charge in [0, 0.05) is 5.02 Å². The molecule has 0 bridgehead atoms. The SMILES string of the molecule is CS(=O)(=O)N(CC(=O)O)c1cc(Cl)ccc1Cl. The van der Waals surface area contributed by atoms with Crippen LogP contribution in [0.3, 0.4) is 0 Å². The molecule has 0 heterocycles. The number of hydrogen-bond acceptors (Lipinski definition) is 3. The molecule has 0 unspecified atom stereocenters. The Kier molecular flexibility index (Phi) is 4.24. The second-order valence-electron chi connectivity index (χ2n) is 3.26. The lowest BCUT2D eigenvalue weighted by molar-refractivity contribution is -0.135. The maximum absolute atomic E-state index is 11.5. The molecule has 5 nitrogen and oxygen atoms in total. The lowest BCUT2D eigenvalue weighted by Crippen LogP contribution is -2.35. The van der Waals surface area contributed by atoms with E-state index in [1.807, 2.05) is 0 Å². The van der Waals surface area contributed by atoms with E-state index in [2.05, 4.69) is 0 Å². The van der Waals surface area contributed by atoms with Crippen molar-refractivity contribution in [3.05, 3.63) is 28.2 Å². The van der Waals surface area contributed by atoms with Crippen molar-refractivity contribution in [2.75, 3.05) is 17.1 Å². The smallest absolute Gasteiger partial charge is 0.324 e. The minimum Gasteiger partial charge on any atom is -0.480 e. The number of hydrogen-bond donors (Lipinski definition) is 1. The van der Waals surface area contributed by atoms with Crippen molar-refractivity contribution < 1.29 is 18.3 Å². The predicted molar refractivity (Wildman–Crippen MR) is 66.3 cm³/mol. The Morgan fingerprint density at radius 3 is 2.47 bits per heavy atom. The molecule has 0 aliphatic carbocycles. The van der Waals surface area contributed by atoms with Gasteiger partial charge >= 0.3 is 5.97 Å². The summed E-state index contributed by atoms with van der Waals surface area (Å²) >= 11 is 11.5. The second kappa shape index (κ2) is 5.12. The largest absolute Gasteiger partial charge is 0.480 e. The highest BCUT2D eigenvalue weighted by atomic mass is 35.5. The van der Waals surface area contributed by atoms with Gasteiger partial charge in [0.2, 0.25) is 10.0 Å². The zero-order valence-electron chi connectivity index (χ0n) is 8.72. The Bertz CT molecular complexity index is 544. The van der Waals surface area contributed by atoms with Gasteiger partial charge < -0.3 is 5.11 Å². The molecule has 0 aromatic heterocycles. The lowest BCUT2D eigenvalue weighted by Gasteiger charge is -2.21. The molecule has 1 aromatic rings. The number of benzene rings is 1. The molecule has 8 heteroatoms. The van der Waals surface area contributed by atoms with E-state index >= 15 is 0 Å². The van der Waals surface area contributed by atoms with E-state index in [0.717, 1.165) is 6.26 Å². The summed E-state index contributed by atoms with van der Waals surface area (Å²) in [7, 11) is -3.74. The van der Waals surface area contributed by atoms with E-state index < -0.39 is 22.5 Å². The first-order valence-electron chi connectivity index (χ1n) is 4.36. The van der Waals surface area contributed by atoms with Crippen molar-refractivity contribution in [1.29, 1.82) is 0 Å². The molecular weight excluding hydrogens is 289 g/mol. The highest BCUT2D eigenvalue weighted by Gasteiger charge is 2.22. The van der Waals surface area contributed by atoms with Crippen LogP contribution in [0, 0.1) is 0 Å². The van der Waals surface area contributed by atoms with Crippen molar-refractivity contribution in [3.8, 4) is 0 Å². The van der Waals surface area contributed by atoms with E-state index in [-0.39, 0.29) is 15.7 Å². The van der Waals surface area contributed by atoms with Crippen LogP contribution in [0.25, 0.3) is 0 Å². The predicted octanol–water partition coefficient (Wildman–Crippen LogP) is 1.84. The van der Waals surface area contributed by atoms with Gasteiger partial charge in [-0.05, 0) is 18.2 Å². The third-order valence-corrected chi connectivity index (χ3v) is 3.54. The van der Waals surface area contributed by atoms with Gasteiger partial charge in [-0.25, -0.2) is 8.42 Å². The van der Waals surface area contributed by atoms with Gasteiger partial charge in [-0.3, -0.25) is 9.10 Å². The van der Waals surface area contributed by atoms with Gasteiger partial charge in [0.1, 0.15) is 6.54 Å². The first kappa shape index (κ1) is 14.1. The van der Waals surface area contributed by atoms with Crippen LogP contribution in [0.2, 0.25) is 10.0 Å². The Labute approximate surface area is 109 Å². The summed E-state index contributed by atoms with van der Waals surface area (Å²) in [5, 5.41) is 9.07. The third kappa shape index (κ3) is 3.76. The fraction of sp³-hybridized carbons (Fsp3) is 0.222. The number of halogens is 2. The van der Waals surface area contributed by atoms with Crippen LogP contribution in [-0.2, 0) is 14.8 Å². The average molecular weight is 298 g/mol.